The molecule has 0 aromatic heterocycles. The van der Waals surface area contributed by atoms with E-state index in [4.69, 9.17) is 4.74 Å². The number of carbonyl (C=O) groups is 1. The molecule has 90 valence electrons. The van der Waals surface area contributed by atoms with E-state index >= 15 is 0 Å². The summed E-state index contributed by atoms with van der Waals surface area (Å²) in [6, 6.07) is -0.142. The summed E-state index contributed by atoms with van der Waals surface area (Å²) < 4.78 is 4.76. The van der Waals surface area contributed by atoms with Crippen LogP contribution in [0.5, 0.6) is 0 Å². The summed E-state index contributed by atoms with van der Waals surface area (Å²) in [5.74, 6) is 1.48. The zero-order valence-electron chi connectivity index (χ0n) is 10.2. The van der Waals surface area contributed by atoms with Gasteiger partial charge in [-0.05, 0) is 37.3 Å². The Kier molecular flexibility index (Phi) is 8.91. The first kappa shape index (κ1) is 14.8. The molecule has 0 aliphatic rings. The molecule has 4 heteroatoms. The van der Waals surface area contributed by atoms with Gasteiger partial charge in [-0.15, -0.1) is 0 Å². The topological polar surface area (TPSA) is 38.3 Å². The predicted octanol–water partition coefficient (Wildman–Crippen LogP) is 1.92. The molecule has 15 heavy (non-hydrogen) atoms. The van der Waals surface area contributed by atoms with E-state index in [1.54, 1.807) is 0 Å². The van der Waals surface area contributed by atoms with E-state index in [1.807, 2.05) is 11.8 Å². The second kappa shape index (κ2) is 9.04. The molecule has 0 aliphatic carbocycles. The maximum Gasteiger partial charge on any atom is 0.322 e. The van der Waals surface area contributed by atoms with E-state index in [2.05, 4.69) is 25.4 Å². The van der Waals surface area contributed by atoms with Crippen LogP contribution in [0.1, 0.15) is 26.7 Å². The minimum absolute atomic E-state index is 0.142. The van der Waals surface area contributed by atoms with Gasteiger partial charge in [0.05, 0.1) is 7.11 Å². The molecule has 0 aromatic rings. The highest BCUT2D eigenvalue weighted by molar-refractivity contribution is 7.98. The molecule has 0 rings (SSSR count). The van der Waals surface area contributed by atoms with Crippen LogP contribution in [0.15, 0.2) is 0 Å². The fraction of sp³-hybridized carbons (Fsp3) is 0.909. The SMILES string of the molecule is COC(=O)C(CC(C)C)NCCCSC. The fourth-order valence-corrected chi connectivity index (χ4v) is 1.80. The average molecular weight is 233 g/mol. The van der Waals surface area contributed by atoms with Crippen molar-refractivity contribution in [3.63, 3.8) is 0 Å². The van der Waals surface area contributed by atoms with Crippen molar-refractivity contribution in [2.75, 3.05) is 25.7 Å². The lowest BCUT2D eigenvalue weighted by atomic mass is 10.0. The maximum absolute atomic E-state index is 11.4. The van der Waals surface area contributed by atoms with Crippen LogP contribution in [0.4, 0.5) is 0 Å². The molecule has 0 bridgehead atoms. The van der Waals surface area contributed by atoms with Crippen LogP contribution in [0.25, 0.3) is 0 Å². The van der Waals surface area contributed by atoms with Crippen LogP contribution in [-0.4, -0.2) is 37.7 Å². The van der Waals surface area contributed by atoms with Gasteiger partial charge in [0.25, 0.3) is 0 Å². The summed E-state index contributed by atoms with van der Waals surface area (Å²) >= 11 is 1.83. The van der Waals surface area contributed by atoms with E-state index in [0.29, 0.717) is 5.92 Å². The Bertz CT molecular complexity index is 174. The average Bonchev–Trinajstić information content (AvgIpc) is 2.21. The highest BCUT2D eigenvalue weighted by Crippen LogP contribution is 2.06. The van der Waals surface area contributed by atoms with Gasteiger partial charge in [-0.2, -0.15) is 11.8 Å². The number of nitrogens with one attached hydrogen (secondary N) is 1. The van der Waals surface area contributed by atoms with Crippen molar-refractivity contribution in [1.82, 2.24) is 5.32 Å². The Morgan fingerprint density at radius 1 is 1.47 bits per heavy atom. The highest BCUT2D eigenvalue weighted by Gasteiger charge is 2.19. The minimum Gasteiger partial charge on any atom is -0.468 e. The van der Waals surface area contributed by atoms with Gasteiger partial charge in [-0.25, -0.2) is 0 Å². The number of ether oxygens (including phenoxy) is 1. The zero-order chi connectivity index (χ0) is 11.7. The molecular weight excluding hydrogens is 210 g/mol. The van der Waals surface area contributed by atoms with Gasteiger partial charge in [-0.1, -0.05) is 13.8 Å². The Morgan fingerprint density at radius 2 is 2.13 bits per heavy atom. The molecule has 1 unspecified atom stereocenters. The zero-order valence-corrected chi connectivity index (χ0v) is 11.0. The van der Waals surface area contributed by atoms with Crippen molar-refractivity contribution >= 4 is 17.7 Å². The molecule has 0 amide bonds. The summed E-state index contributed by atoms with van der Waals surface area (Å²) in [5, 5.41) is 3.25. The van der Waals surface area contributed by atoms with Crippen molar-refractivity contribution in [2.45, 2.75) is 32.7 Å². The number of methoxy groups -OCH3 is 1. The molecule has 1 atom stereocenters. The minimum atomic E-state index is -0.146. The molecule has 0 heterocycles. The number of hydrogen-bond acceptors (Lipinski definition) is 4. The van der Waals surface area contributed by atoms with Crippen LogP contribution in [0.2, 0.25) is 0 Å². The van der Waals surface area contributed by atoms with E-state index in [9.17, 15) is 4.79 Å². The molecule has 0 saturated carbocycles. The number of esters is 1. The number of carbonyl (C=O) groups excluding carboxylic acids is 1. The van der Waals surface area contributed by atoms with Crippen LogP contribution in [-0.2, 0) is 9.53 Å². The maximum atomic E-state index is 11.4. The van der Waals surface area contributed by atoms with E-state index < -0.39 is 0 Å². The van der Waals surface area contributed by atoms with Crippen LogP contribution >= 0.6 is 11.8 Å². The van der Waals surface area contributed by atoms with Crippen molar-refractivity contribution in [1.29, 1.82) is 0 Å². The van der Waals surface area contributed by atoms with Crippen molar-refractivity contribution in [3.8, 4) is 0 Å². The van der Waals surface area contributed by atoms with Gasteiger partial charge >= 0.3 is 5.97 Å². The molecular formula is C11H23NO2S. The Balaban J connectivity index is 3.85. The van der Waals surface area contributed by atoms with E-state index in [-0.39, 0.29) is 12.0 Å². The van der Waals surface area contributed by atoms with Gasteiger partial charge in [0.1, 0.15) is 6.04 Å². The molecule has 0 aliphatic heterocycles. The quantitative estimate of drug-likeness (QED) is 0.513. The standard InChI is InChI=1S/C11H23NO2S/c1-9(2)8-10(11(13)14-3)12-6-5-7-15-4/h9-10,12H,5-8H2,1-4H3. The predicted molar refractivity (Wildman–Crippen MR) is 66.3 cm³/mol. The van der Waals surface area contributed by atoms with Gasteiger partial charge in [-0.3, -0.25) is 4.79 Å². The number of hydrogen-bond donors (Lipinski definition) is 1. The lowest BCUT2D eigenvalue weighted by molar-refractivity contribution is -0.143. The van der Waals surface area contributed by atoms with Gasteiger partial charge < -0.3 is 10.1 Å². The molecule has 0 aromatic carbocycles. The summed E-state index contributed by atoms with van der Waals surface area (Å²) in [4.78, 5) is 11.4. The molecule has 0 radical (unpaired) electrons. The first-order valence-electron chi connectivity index (χ1n) is 5.42. The Labute approximate surface area is 97.3 Å². The third-order valence-corrected chi connectivity index (χ3v) is 2.81. The number of thioether (sulfide) groups is 1. The molecule has 1 N–H and O–H groups in total. The molecule has 0 saturated heterocycles. The van der Waals surface area contributed by atoms with E-state index in [0.717, 1.165) is 25.1 Å². The molecule has 3 nitrogen and oxygen atoms in total. The monoisotopic (exact) mass is 233 g/mol. The highest BCUT2D eigenvalue weighted by atomic mass is 32.2. The van der Waals surface area contributed by atoms with E-state index in [1.165, 1.54) is 7.11 Å². The van der Waals surface area contributed by atoms with Crippen molar-refractivity contribution < 1.29 is 9.53 Å². The fourth-order valence-electron chi connectivity index (χ4n) is 1.37. The summed E-state index contributed by atoms with van der Waals surface area (Å²) in [6.07, 6.45) is 4.02. The first-order chi connectivity index (χ1) is 7.11. The van der Waals surface area contributed by atoms with Gasteiger partial charge in [0.2, 0.25) is 0 Å². The van der Waals surface area contributed by atoms with Crippen LogP contribution < -0.4 is 5.32 Å². The molecule has 0 fully saturated rings. The normalized spacial score (nSPS) is 12.9. The smallest absolute Gasteiger partial charge is 0.322 e. The van der Waals surface area contributed by atoms with Crippen LogP contribution in [0, 0.1) is 5.92 Å². The first-order valence-corrected chi connectivity index (χ1v) is 6.81. The number of rotatable bonds is 8. The summed E-state index contributed by atoms with van der Waals surface area (Å²) in [6.45, 7) is 5.10. The van der Waals surface area contributed by atoms with Crippen molar-refractivity contribution in [2.24, 2.45) is 5.92 Å². The largest absolute Gasteiger partial charge is 0.468 e. The second-order valence-electron chi connectivity index (χ2n) is 4.01. The van der Waals surface area contributed by atoms with Crippen molar-refractivity contribution in [3.05, 3.63) is 0 Å². The second-order valence-corrected chi connectivity index (χ2v) is 4.99. The Morgan fingerprint density at radius 3 is 2.60 bits per heavy atom. The van der Waals surface area contributed by atoms with Gasteiger partial charge in [0.15, 0.2) is 0 Å². The lowest BCUT2D eigenvalue weighted by Crippen LogP contribution is -2.39. The van der Waals surface area contributed by atoms with Gasteiger partial charge in [0, 0.05) is 0 Å². The summed E-state index contributed by atoms with van der Waals surface area (Å²) in [5.41, 5.74) is 0. The third-order valence-electron chi connectivity index (χ3n) is 2.11. The Hall–Kier alpha value is -0.220. The molecule has 0 spiro atoms. The summed E-state index contributed by atoms with van der Waals surface area (Å²) in [7, 11) is 1.44. The lowest BCUT2D eigenvalue weighted by Gasteiger charge is -2.18. The third kappa shape index (κ3) is 7.68. The van der Waals surface area contributed by atoms with Crippen LogP contribution in [0.3, 0.4) is 0 Å².